The molecule has 0 spiro atoms. The van der Waals surface area contributed by atoms with E-state index >= 15 is 0 Å². The zero-order valence-electron chi connectivity index (χ0n) is 14.1. The molecule has 7 heteroatoms. The first kappa shape index (κ1) is 16.7. The van der Waals surface area contributed by atoms with Crippen LogP contribution in [-0.4, -0.2) is 58.0 Å². The van der Waals surface area contributed by atoms with Gasteiger partial charge in [0.15, 0.2) is 17.5 Å². The van der Waals surface area contributed by atoms with Crippen LogP contribution < -0.4 is 30.2 Å². The molecule has 0 amide bonds. The van der Waals surface area contributed by atoms with E-state index in [4.69, 9.17) is 14.2 Å². The van der Waals surface area contributed by atoms with Gasteiger partial charge in [0.05, 0.1) is 6.54 Å². The lowest BCUT2D eigenvalue weighted by Crippen LogP contribution is -2.47. The quantitative estimate of drug-likeness (QED) is 0.683. The zero-order valence-corrected chi connectivity index (χ0v) is 14.1. The topological polar surface area (TPSA) is 76.1 Å². The van der Waals surface area contributed by atoms with Crippen molar-refractivity contribution in [2.45, 2.75) is 19.4 Å². The second-order valence-electron chi connectivity index (χ2n) is 5.72. The van der Waals surface area contributed by atoms with Crippen LogP contribution in [0, 0.1) is 0 Å². The number of hydrogen-bond acceptors (Lipinski definition) is 7. The first-order valence-electron chi connectivity index (χ1n) is 8.65. The van der Waals surface area contributed by atoms with Gasteiger partial charge in [0.25, 0.3) is 0 Å². The molecule has 0 aromatic heterocycles. The smallest absolute Gasteiger partial charge is 0.203 e. The van der Waals surface area contributed by atoms with Gasteiger partial charge in [-0.2, -0.15) is 0 Å². The van der Waals surface area contributed by atoms with Crippen molar-refractivity contribution < 1.29 is 14.2 Å². The summed E-state index contributed by atoms with van der Waals surface area (Å²) in [6, 6.07) is 5.75. The number of fused-ring (bicyclic) bond motifs is 1. The third kappa shape index (κ3) is 4.44. The third-order valence-corrected chi connectivity index (χ3v) is 3.84. The molecule has 132 valence electrons. The summed E-state index contributed by atoms with van der Waals surface area (Å²) in [5, 5.41) is 9.93. The molecule has 0 bridgehead atoms. The number of aliphatic imine (C=N–C) groups is 1. The highest BCUT2D eigenvalue weighted by molar-refractivity contribution is 5.80. The second kappa shape index (κ2) is 8.63. The molecule has 2 heterocycles. The number of ether oxygens (including phenoxy) is 3. The Bertz CT molecular complexity index is 565. The Hall–Kier alpha value is -2.15. The minimum Gasteiger partial charge on any atom is -0.486 e. The fourth-order valence-electron chi connectivity index (χ4n) is 2.64. The molecule has 7 nitrogen and oxygen atoms in total. The summed E-state index contributed by atoms with van der Waals surface area (Å²) in [5.74, 6) is 3.00. The molecule has 24 heavy (non-hydrogen) atoms. The largest absolute Gasteiger partial charge is 0.486 e. The van der Waals surface area contributed by atoms with E-state index in [1.54, 1.807) is 0 Å². The fraction of sp³-hybridized carbons (Fsp3) is 0.588. The number of nitrogens with zero attached hydrogens (tertiary/aromatic N) is 1. The van der Waals surface area contributed by atoms with E-state index in [0.29, 0.717) is 25.5 Å². The van der Waals surface area contributed by atoms with Gasteiger partial charge in [0.1, 0.15) is 19.3 Å². The second-order valence-corrected chi connectivity index (χ2v) is 5.72. The lowest BCUT2D eigenvalue weighted by Gasteiger charge is -2.25. The standard InChI is InChI=1S/C17H26N4O3/c1-2-18-11-13(12-21-17-19-7-4-8-20-17)24-15-6-3-5-14-16(15)23-10-9-22-14/h3,5-6,13,18H,2,4,7-12H2,1H3,(H2,19,20,21). The maximum absolute atomic E-state index is 6.19. The normalized spacial score (nSPS) is 17.5. The maximum Gasteiger partial charge on any atom is 0.203 e. The highest BCUT2D eigenvalue weighted by Gasteiger charge is 2.20. The summed E-state index contributed by atoms with van der Waals surface area (Å²) in [6.45, 7) is 7.32. The highest BCUT2D eigenvalue weighted by atomic mass is 16.6. The molecule has 3 rings (SSSR count). The molecular formula is C17H26N4O3. The van der Waals surface area contributed by atoms with E-state index in [9.17, 15) is 0 Å². The van der Waals surface area contributed by atoms with Gasteiger partial charge in [-0.1, -0.05) is 13.0 Å². The number of rotatable bonds is 7. The predicted octanol–water partition coefficient (Wildman–Crippen LogP) is 0.754. The van der Waals surface area contributed by atoms with Crippen LogP contribution in [0.3, 0.4) is 0 Å². The van der Waals surface area contributed by atoms with Gasteiger partial charge in [-0.05, 0) is 25.1 Å². The van der Waals surface area contributed by atoms with Gasteiger partial charge in [0.2, 0.25) is 5.75 Å². The highest BCUT2D eigenvalue weighted by Crippen LogP contribution is 2.39. The van der Waals surface area contributed by atoms with Crippen molar-refractivity contribution in [1.82, 2.24) is 16.0 Å². The Morgan fingerprint density at radius 3 is 3.04 bits per heavy atom. The van der Waals surface area contributed by atoms with Crippen LogP contribution in [0.1, 0.15) is 13.3 Å². The van der Waals surface area contributed by atoms with Crippen molar-refractivity contribution in [2.24, 2.45) is 4.99 Å². The van der Waals surface area contributed by atoms with Crippen LogP contribution in [-0.2, 0) is 0 Å². The minimum absolute atomic E-state index is 0.0478. The van der Waals surface area contributed by atoms with Gasteiger partial charge in [0, 0.05) is 19.6 Å². The molecule has 2 aliphatic rings. The summed E-state index contributed by atoms with van der Waals surface area (Å²) >= 11 is 0. The Labute approximate surface area is 142 Å². The summed E-state index contributed by atoms with van der Waals surface area (Å²) in [6.07, 6.45) is 1.03. The molecule has 3 N–H and O–H groups in total. The number of likely N-dealkylation sites (N-methyl/N-ethyl adjacent to an activating group) is 1. The number of guanidine groups is 1. The van der Waals surface area contributed by atoms with Crippen molar-refractivity contribution in [3.63, 3.8) is 0 Å². The van der Waals surface area contributed by atoms with E-state index in [2.05, 4.69) is 27.9 Å². The van der Waals surface area contributed by atoms with Gasteiger partial charge >= 0.3 is 0 Å². The average Bonchev–Trinajstić information content (AvgIpc) is 2.65. The van der Waals surface area contributed by atoms with Gasteiger partial charge in [-0.3, -0.25) is 4.99 Å². The zero-order chi connectivity index (χ0) is 16.6. The first-order chi connectivity index (χ1) is 11.9. The SMILES string of the molecule is CCNCC(CNC1=NCCCN1)Oc1cccc2c1OCCO2. The van der Waals surface area contributed by atoms with E-state index in [1.165, 1.54) is 0 Å². The Morgan fingerprint density at radius 2 is 2.21 bits per heavy atom. The maximum atomic E-state index is 6.19. The van der Waals surface area contributed by atoms with Gasteiger partial charge in [-0.15, -0.1) is 0 Å². The van der Waals surface area contributed by atoms with E-state index in [-0.39, 0.29) is 6.10 Å². The van der Waals surface area contributed by atoms with E-state index < -0.39 is 0 Å². The summed E-state index contributed by atoms with van der Waals surface area (Å²) < 4.78 is 17.5. The fourth-order valence-corrected chi connectivity index (χ4v) is 2.64. The predicted molar refractivity (Wildman–Crippen MR) is 93.3 cm³/mol. The van der Waals surface area contributed by atoms with E-state index in [0.717, 1.165) is 50.1 Å². The Kier molecular flexibility index (Phi) is 6.01. The molecule has 1 atom stereocenters. The third-order valence-electron chi connectivity index (χ3n) is 3.84. The number of hydrogen-bond donors (Lipinski definition) is 3. The van der Waals surface area contributed by atoms with E-state index in [1.807, 2.05) is 18.2 Å². The molecule has 0 saturated carbocycles. The molecule has 0 radical (unpaired) electrons. The van der Waals surface area contributed by atoms with Crippen LogP contribution in [0.5, 0.6) is 17.2 Å². The van der Waals surface area contributed by atoms with Crippen LogP contribution >= 0.6 is 0 Å². The number of benzene rings is 1. The summed E-state index contributed by atoms with van der Waals surface area (Å²) in [5.41, 5.74) is 0. The summed E-state index contributed by atoms with van der Waals surface area (Å²) in [7, 11) is 0. The molecule has 0 fully saturated rings. The molecular weight excluding hydrogens is 308 g/mol. The molecule has 1 aromatic carbocycles. The average molecular weight is 334 g/mol. The number of nitrogens with one attached hydrogen (secondary N) is 3. The Morgan fingerprint density at radius 1 is 1.29 bits per heavy atom. The van der Waals surface area contributed by atoms with Crippen molar-refractivity contribution in [1.29, 1.82) is 0 Å². The molecule has 2 aliphatic heterocycles. The first-order valence-corrected chi connectivity index (χ1v) is 8.65. The number of para-hydroxylation sites is 1. The molecule has 1 unspecified atom stereocenters. The van der Waals surface area contributed by atoms with Crippen LogP contribution in [0.2, 0.25) is 0 Å². The minimum atomic E-state index is -0.0478. The molecule has 0 saturated heterocycles. The van der Waals surface area contributed by atoms with Crippen LogP contribution in [0.15, 0.2) is 23.2 Å². The van der Waals surface area contributed by atoms with Crippen molar-refractivity contribution in [3.05, 3.63) is 18.2 Å². The molecule has 0 aliphatic carbocycles. The van der Waals surface area contributed by atoms with Crippen molar-refractivity contribution in [2.75, 3.05) is 45.9 Å². The lowest BCUT2D eigenvalue weighted by atomic mass is 10.2. The monoisotopic (exact) mass is 334 g/mol. The van der Waals surface area contributed by atoms with Crippen LogP contribution in [0.4, 0.5) is 0 Å². The van der Waals surface area contributed by atoms with Crippen molar-refractivity contribution in [3.8, 4) is 17.2 Å². The van der Waals surface area contributed by atoms with Gasteiger partial charge in [-0.25, -0.2) is 0 Å². The summed E-state index contributed by atoms with van der Waals surface area (Å²) in [4.78, 5) is 4.43. The lowest BCUT2D eigenvalue weighted by molar-refractivity contribution is 0.147. The molecule has 1 aromatic rings. The van der Waals surface area contributed by atoms with Gasteiger partial charge < -0.3 is 30.2 Å². The Balaban J connectivity index is 1.64. The van der Waals surface area contributed by atoms with Crippen molar-refractivity contribution >= 4 is 5.96 Å². The van der Waals surface area contributed by atoms with Crippen LogP contribution in [0.25, 0.3) is 0 Å².